The van der Waals surface area contributed by atoms with Crippen LogP contribution in [0.5, 0.6) is 0 Å². The third-order valence-electron chi connectivity index (χ3n) is 6.85. The van der Waals surface area contributed by atoms with Gasteiger partial charge in [0.25, 0.3) is 5.91 Å². The molecule has 0 unspecified atom stereocenters. The number of nitrogens with zero attached hydrogens (tertiary/aromatic N) is 1. The van der Waals surface area contributed by atoms with E-state index in [-0.39, 0.29) is 16.8 Å². The van der Waals surface area contributed by atoms with Crippen LogP contribution in [0.25, 0.3) is 0 Å². The van der Waals surface area contributed by atoms with Crippen LogP contribution in [0.3, 0.4) is 0 Å². The smallest absolute Gasteiger partial charge is 0.251 e. The van der Waals surface area contributed by atoms with Crippen LogP contribution >= 0.6 is 0 Å². The average Bonchev–Trinajstić information content (AvgIpc) is 2.86. The standard InChI is InChI=1S/C29H34N2O3S/c1-22(26-12-14-28(15-13-26)35(2,33)34)30-29(32)27-10-8-25(9-11-27)21-31-18-16-24(17-19-31)20-23-6-4-3-5-7-23/h3-15,22,24H,16-21H2,1-2H3,(H,30,32)/t22-/m0/s1. The predicted octanol–water partition coefficient (Wildman–Crippen LogP) is 5.04. The molecule has 1 aliphatic rings. The SMILES string of the molecule is C[C@H](NC(=O)c1ccc(CN2CCC(Cc3ccccc3)CC2)cc1)c1ccc(S(C)(=O)=O)cc1. The summed E-state index contributed by atoms with van der Waals surface area (Å²) >= 11 is 0. The van der Waals surface area contributed by atoms with Crippen molar-refractivity contribution >= 4 is 15.7 Å². The van der Waals surface area contributed by atoms with Gasteiger partial charge in [-0.3, -0.25) is 9.69 Å². The highest BCUT2D eigenvalue weighted by Gasteiger charge is 2.20. The van der Waals surface area contributed by atoms with Crippen LogP contribution in [-0.4, -0.2) is 38.6 Å². The zero-order valence-electron chi connectivity index (χ0n) is 20.5. The van der Waals surface area contributed by atoms with Gasteiger partial charge in [0.1, 0.15) is 0 Å². The van der Waals surface area contributed by atoms with Gasteiger partial charge in [0.05, 0.1) is 10.9 Å². The fourth-order valence-corrected chi connectivity index (χ4v) is 5.31. The zero-order chi connectivity index (χ0) is 24.8. The highest BCUT2D eigenvalue weighted by Crippen LogP contribution is 2.23. The van der Waals surface area contributed by atoms with Crippen LogP contribution in [0, 0.1) is 5.92 Å². The molecular formula is C29H34N2O3S. The van der Waals surface area contributed by atoms with Crippen molar-refractivity contribution in [2.45, 2.75) is 43.7 Å². The monoisotopic (exact) mass is 490 g/mol. The van der Waals surface area contributed by atoms with Crippen molar-refractivity contribution in [2.75, 3.05) is 19.3 Å². The van der Waals surface area contributed by atoms with E-state index in [9.17, 15) is 13.2 Å². The number of benzene rings is 3. The molecule has 1 N–H and O–H groups in total. The summed E-state index contributed by atoms with van der Waals surface area (Å²) in [6, 6.07) is 25.0. The first-order chi connectivity index (χ1) is 16.8. The summed E-state index contributed by atoms with van der Waals surface area (Å²) in [7, 11) is -3.23. The molecule has 0 bridgehead atoms. The van der Waals surface area contributed by atoms with Gasteiger partial charge in [0.15, 0.2) is 9.84 Å². The lowest BCUT2D eigenvalue weighted by atomic mass is 9.90. The van der Waals surface area contributed by atoms with Crippen LogP contribution in [-0.2, 0) is 22.8 Å². The molecule has 35 heavy (non-hydrogen) atoms. The van der Waals surface area contributed by atoms with Gasteiger partial charge in [-0.25, -0.2) is 8.42 Å². The van der Waals surface area contributed by atoms with Crippen molar-refractivity contribution in [1.29, 1.82) is 0 Å². The molecular weight excluding hydrogens is 456 g/mol. The van der Waals surface area contributed by atoms with Gasteiger partial charge in [-0.1, -0.05) is 54.6 Å². The van der Waals surface area contributed by atoms with Gasteiger partial charge < -0.3 is 5.32 Å². The van der Waals surface area contributed by atoms with Crippen molar-refractivity contribution in [2.24, 2.45) is 5.92 Å². The molecule has 1 amide bonds. The molecule has 5 nitrogen and oxygen atoms in total. The quantitative estimate of drug-likeness (QED) is 0.481. The van der Waals surface area contributed by atoms with Crippen LogP contribution in [0.15, 0.2) is 83.8 Å². The van der Waals surface area contributed by atoms with Gasteiger partial charge in [-0.15, -0.1) is 0 Å². The maximum absolute atomic E-state index is 12.7. The van der Waals surface area contributed by atoms with E-state index in [1.54, 1.807) is 24.3 Å². The second-order valence-electron chi connectivity index (χ2n) is 9.64. The first kappa shape index (κ1) is 25.1. The molecule has 3 aromatic rings. The Kier molecular flexibility index (Phi) is 8.04. The van der Waals surface area contributed by atoms with Crippen molar-refractivity contribution in [3.63, 3.8) is 0 Å². The highest BCUT2D eigenvalue weighted by atomic mass is 32.2. The first-order valence-corrected chi connectivity index (χ1v) is 14.1. The Morgan fingerprint density at radius 2 is 1.54 bits per heavy atom. The van der Waals surface area contributed by atoms with Gasteiger partial charge in [0.2, 0.25) is 0 Å². The summed E-state index contributed by atoms with van der Waals surface area (Å²) in [4.78, 5) is 15.5. The van der Waals surface area contributed by atoms with E-state index in [4.69, 9.17) is 0 Å². The molecule has 1 fully saturated rings. The van der Waals surface area contributed by atoms with Gasteiger partial charge in [-0.05, 0) is 86.1 Å². The molecule has 1 heterocycles. The molecule has 0 spiro atoms. The molecule has 0 radical (unpaired) electrons. The second-order valence-corrected chi connectivity index (χ2v) is 11.7. The number of hydrogen-bond donors (Lipinski definition) is 1. The largest absolute Gasteiger partial charge is 0.346 e. The summed E-state index contributed by atoms with van der Waals surface area (Å²) in [6.07, 6.45) is 4.79. The van der Waals surface area contributed by atoms with Crippen LogP contribution in [0.1, 0.15) is 52.9 Å². The third kappa shape index (κ3) is 7.03. The fourth-order valence-electron chi connectivity index (χ4n) is 4.68. The molecule has 4 rings (SSSR count). The molecule has 0 saturated carbocycles. The van der Waals surface area contributed by atoms with E-state index in [1.165, 1.54) is 36.6 Å². The Morgan fingerprint density at radius 1 is 0.914 bits per heavy atom. The van der Waals surface area contributed by atoms with E-state index >= 15 is 0 Å². The minimum absolute atomic E-state index is 0.141. The highest BCUT2D eigenvalue weighted by molar-refractivity contribution is 7.90. The zero-order valence-corrected chi connectivity index (χ0v) is 21.3. The summed E-state index contributed by atoms with van der Waals surface area (Å²) < 4.78 is 23.3. The number of carbonyl (C=O) groups excluding carboxylic acids is 1. The normalized spacial score (nSPS) is 16.1. The molecule has 1 atom stereocenters. The minimum Gasteiger partial charge on any atom is -0.346 e. The average molecular weight is 491 g/mol. The minimum atomic E-state index is -3.23. The van der Waals surface area contributed by atoms with Crippen LogP contribution in [0.4, 0.5) is 0 Å². The van der Waals surface area contributed by atoms with Crippen LogP contribution < -0.4 is 5.32 Å². The lowest BCUT2D eigenvalue weighted by Gasteiger charge is -2.32. The summed E-state index contributed by atoms with van der Waals surface area (Å²) in [6.45, 7) is 5.01. The van der Waals surface area contributed by atoms with Gasteiger partial charge in [0, 0.05) is 18.4 Å². The number of amides is 1. The second kappa shape index (κ2) is 11.2. The predicted molar refractivity (Wildman–Crippen MR) is 140 cm³/mol. The van der Waals surface area contributed by atoms with E-state index in [0.29, 0.717) is 5.56 Å². The molecule has 1 saturated heterocycles. The first-order valence-electron chi connectivity index (χ1n) is 12.2. The van der Waals surface area contributed by atoms with E-state index in [1.807, 2.05) is 31.2 Å². The maximum Gasteiger partial charge on any atom is 0.251 e. The Morgan fingerprint density at radius 3 is 2.14 bits per heavy atom. The lowest BCUT2D eigenvalue weighted by molar-refractivity contribution is 0.0940. The topological polar surface area (TPSA) is 66.5 Å². The number of nitrogens with one attached hydrogen (secondary N) is 1. The van der Waals surface area contributed by atoms with E-state index in [0.717, 1.165) is 31.1 Å². The number of hydrogen-bond acceptors (Lipinski definition) is 4. The summed E-state index contributed by atoms with van der Waals surface area (Å²) in [5.74, 6) is 0.613. The molecule has 0 aliphatic carbocycles. The third-order valence-corrected chi connectivity index (χ3v) is 7.98. The van der Waals surface area contributed by atoms with E-state index < -0.39 is 9.84 Å². The van der Waals surface area contributed by atoms with Gasteiger partial charge >= 0.3 is 0 Å². The Hall–Kier alpha value is -2.96. The summed E-state index contributed by atoms with van der Waals surface area (Å²) in [5, 5.41) is 3.00. The number of sulfone groups is 1. The molecule has 0 aromatic heterocycles. The van der Waals surface area contributed by atoms with Crippen molar-refractivity contribution in [3.8, 4) is 0 Å². The fraction of sp³-hybridized carbons (Fsp3) is 0.345. The van der Waals surface area contributed by atoms with Crippen LogP contribution in [0.2, 0.25) is 0 Å². The van der Waals surface area contributed by atoms with Crippen molar-refractivity contribution in [1.82, 2.24) is 10.2 Å². The Labute approximate surface area is 209 Å². The number of piperidine rings is 1. The van der Waals surface area contributed by atoms with Gasteiger partial charge in [-0.2, -0.15) is 0 Å². The molecule has 184 valence electrons. The summed E-state index contributed by atoms with van der Waals surface area (Å²) in [5.41, 5.74) is 4.13. The lowest BCUT2D eigenvalue weighted by Crippen LogP contribution is -2.33. The van der Waals surface area contributed by atoms with Crippen molar-refractivity contribution < 1.29 is 13.2 Å². The molecule has 3 aromatic carbocycles. The van der Waals surface area contributed by atoms with E-state index in [2.05, 4.69) is 40.5 Å². The Bertz CT molecular complexity index is 1220. The Balaban J connectivity index is 1.26. The number of likely N-dealkylation sites (tertiary alicyclic amines) is 1. The number of carbonyl (C=O) groups is 1. The number of rotatable bonds is 8. The maximum atomic E-state index is 12.7. The van der Waals surface area contributed by atoms with Crippen molar-refractivity contribution in [3.05, 3.63) is 101 Å². The molecule has 1 aliphatic heterocycles. The molecule has 6 heteroatoms.